The van der Waals surface area contributed by atoms with Gasteiger partial charge in [-0.05, 0) is 11.6 Å². The standard InChI is InChI=1S/C12H19N3O/c1-12(2,3)11(13)15-8-9-5-6-14-10(7-9)16-4/h5-7H,8H2,1-4H3,(H2,13,15). The van der Waals surface area contributed by atoms with E-state index in [0.29, 0.717) is 18.3 Å². The minimum absolute atomic E-state index is 0.0862. The van der Waals surface area contributed by atoms with Crippen LogP contribution in [0.2, 0.25) is 0 Å². The van der Waals surface area contributed by atoms with Crippen LogP contribution >= 0.6 is 0 Å². The summed E-state index contributed by atoms with van der Waals surface area (Å²) >= 11 is 0. The first-order chi connectivity index (χ1) is 7.43. The molecule has 0 aromatic carbocycles. The number of hydrogen-bond donors (Lipinski definition) is 1. The van der Waals surface area contributed by atoms with E-state index in [1.807, 2.05) is 32.9 Å². The molecule has 0 aliphatic rings. The largest absolute Gasteiger partial charge is 0.481 e. The zero-order valence-electron chi connectivity index (χ0n) is 10.3. The van der Waals surface area contributed by atoms with Gasteiger partial charge in [0.05, 0.1) is 19.5 Å². The Labute approximate surface area is 96.6 Å². The number of amidine groups is 1. The predicted octanol–water partition coefficient (Wildman–Crippen LogP) is 1.99. The Morgan fingerprint density at radius 3 is 2.75 bits per heavy atom. The van der Waals surface area contributed by atoms with Crippen LogP contribution in [0.25, 0.3) is 0 Å². The molecule has 1 aromatic heterocycles. The molecule has 0 amide bonds. The van der Waals surface area contributed by atoms with Gasteiger partial charge in [0.15, 0.2) is 0 Å². The van der Waals surface area contributed by atoms with Gasteiger partial charge in [-0.2, -0.15) is 0 Å². The van der Waals surface area contributed by atoms with Gasteiger partial charge in [-0.3, -0.25) is 4.99 Å². The number of aliphatic imine (C=N–C) groups is 1. The molecule has 0 unspecified atom stereocenters. The summed E-state index contributed by atoms with van der Waals surface area (Å²) in [5.74, 6) is 1.25. The molecule has 1 aromatic rings. The Morgan fingerprint density at radius 2 is 2.19 bits per heavy atom. The molecule has 0 fully saturated rings. The van der Waals surface area contributed by atoms with Gasteiger partial charge in [-0.1, -0.05) is 20.8 Å². The lowest BCUT2D eigenvalue weighted by Gasteiger charge is -2.17. The number of pyridine rings is 1. The second-order valence-corrected chi connectivity index (χ2v) is 4.66. The Kier molecular flexibility index (Phi) is 3.88. The van der Waals surface area contributed by atoms with Crippen molar-refractivity contribution < 1.29 is 4.74 Å². The van der Waals surface area contributed by atoms with Crippen LogP contribution in [0, 0.1) is 5.41 Å². The van der Waals surface area contributed by atoms with Crippen molar-refractivity contribution in [2.45, 2.75) is 27.3 Å². The fraction of sp³-hybridized carbons (Fsp3) is 0.500. The molecule has 16 heavy (non-hydrogen) atoms. The lowest BCUT2D eigenvalue weighted by atomic mass is 9.95. The summed E-state index contributed by atoms with van der Waals surface area (Å²) in [5.41, 5.74) is 6.83. The third-order valence-corrected chi connectivity index (χ3v) is 2.21. The zero-order valence-corrected chi connectivity index (χ0v) is 10.3. The Bertz CT molecular complexity index is 380. The highest BCUT2D eigenvalue weighted by Crippen LogP contribution is 2.14. The van der Waals surface area contributed by atoms with Crippen LogP contribution in [0.4, 0.5) is 0 Å². The molecule has 0 aliphatic carbocycles. The Hall–Kier alpha value is -1.58. The molecule has 0 aliphatic heterocycles. The summed E-state index contributed by atoms with van der Waals surface area (Å²) in [7, 11) is 1.60. The van der Waals surface area contributed by atoms with Crippen molar-refractivity contribution in [1.29, 1.82) is 0 Å². The number of rotatable bonds is 3. The lowest BCUT2D eigenvalue weighted by molar-refractivity contribution is 0.397. The molecule has 88 valence electrons. The number of methoxy groups -OCH3 is 1. The maximum atomic E-state index is 5.87. The number of ether oxygens (including phenoxy) is 1. The van der Waals surface area contributed by atoms with Crippen molar-refractivity contribution in [3.8, 4) is 5.88 Å². The van der Waals surface area contributed by atoms with Gasteiger partial charge < -0.3 is 10.5 Å². The van der Waals surface area contributed by atoms with Crippen molar-refractivity contribution in [3.05, 3.63) is 23.9 Å². The molecule has 0 atom stereocenters. The molecule has 1 heterocycles. The summed E-state index contributed by atoms with van der Waals surface area (Å²) in [6, 6.07) is 3.77. The highest BCUT2D eigenvalue weighted by atomic mass is 16.5. The molecular weight excluding hydrogens is 202 g/mol. The Morgan fingerprint density at radius 1 is 1.50 bits per heavy atom. The Balaban J connectivity index is 2.74. The minimum atomic E-state index is -0.0862. The van der Waals surface area contributed by atoms with Crippen LogP contribution in [0.15, 0.2) is 23.3 Å². The molecule has 0 radical (unpaired) electrons. The average molecular weight is 221 g/mol. The van der Waals surface area contributed by atoms with E-state index >= 15 is 0 Å². The van der Waals surface area contributed by atoms with E-state index in [1.165, 1.54) is 0 Å². The van der Waals surface area contributed by atoms with E-state index in [9.17, 15) is 0 Å². The fourth-order valence-corrected chi connectivity index (χ4v) is 1.07. The summed E-state index contributed by atoms with van der Waals surface area (Å²) in [4.78, 5) is 8.38. The predicted molar refractivity (Wildman–Crippen MR) is 65.6 cm³/mol. The summed E-state index contributed by atoms with van der Waals surface area (Å²) in [6.07, 6.45) is 1.71. The van der Waals surface area contributed by atoms with Gasteiger partial charge in [0.1, 0.15) is 0 Å². The van der Waals surface area contributed by atoms with E-state index in [0.717, 1.165) is 5.56 Å². The van der Waals surface area contributed by atoms with Crippen LogP contribution in [0.1, 0.15) is 26.3 Å². The van der Waals surface area contributed by atoms with Crippen molar-refractivity contribution in [2.75, 3.05) is 7.11 Å². The minimum Gasteiger partial charge on any atom is -0.481 e. The number of nitrogens with zero attached hydrogens (tertiary/aromatic N) is 2. The number of nitrogens with two attached hydrogens (primary N) is 1. The van der Waals surface area contributed by atoms with Gasteiger partial charge in [0.2, 0.25) is 5.88 Å². The van der Waals surface area contributed by atoms with Crippen LogP contribution in [-0.4, -0.2) is 17.9 Å². The van der Waals surface area contributed by atoms with Crippen LogP contribution in [-0.2, 0) is 6.54 Å². The molecule has 1 rings (SSSR count). The monoisotopic (exact) mass is 221 g/mol. The van der Waals surface area contributed by atoms with Gasteiger partial charge in [-0.15, -0.1) is 0 Å². The van der Waals surface area contributed by atoms with Gasteiger partial charge in [0.25, 0.3) is 0 Å². The normalized spacial score (nSPS) is 12.6. The van der Waals surface area contributed by atoms with E-state index < -0.39 is 0 Å². The van der Waals surface area contributed by atoms with Crippen molar-refractivity contribution in [2.24, 2.45) is 16.1 Å². The molecule has 0 saturated heterocycles. The smallest absolute Gasteiger partial charge is 0.213 e. The second-order valence-electron chi connectivity index (χ2n) is 4.66. The molecule has 0 saturated carbocycles. The number of aromatic nitrogens is 1. The maximum absolute atomic E-state index is 5.87. The van der Waals surface area contributed by atoms with Crippen LogP contribution in [0.3, 0.4) is 0 Å². The van der Waals surface area contributed by atoms with Gasteiger partial charge in [-0.25, -0.2) is 4.98 Å². The highest BCUT2D eigenvalue weighted by molar-refractivity contribution is 5.85. The first kappa shape index (κ1) is 12.5. The zero-order chi connectivity index (χ0) is 12.2. The topological polar surface area (TPSA) is 60.5 Å². The first-order valence-electron chi connectivity index (χ1n) is 5.23. The molecule has 4 heteroatoms. The summed E-state index contributed by atoms with van der Waals surface area (Å²) in [5, 5.41) is 0. The fourth-order valence-electron chi connectivity index (χ4n) is 1.07. The highest BCUT2D eigenvalue weighted by Gasteiger charge is 2.14. The summed E-state index contributed by atoms with van der Waals surface area (Å²) in [6.45, 7) is 6.68. The van der Waals surface area contributed by atoms with E-state index in [-0.39, 0.29) is 5.41 Å². The maximum Gasteiger partial charge on any atom is 0.213 e. The molecule has 0 spiro atoms. The average Bonchev–Trinajstić information content (AvgIpc) is 2.25. The van der Waals surface area contributed by atoms with Crippen molar-refractivity contribution in [1.82, 2.24) is 4.98 Å². The van der Waals surface area contributed by atoms with E-state index in [2.05, 4.69) is 9.98 Å². The van der Waals surface area contributed by atoms with Crippen molar-refractivity contribution >= 4 is 5.84 Å². The lowest BCUT2D eigenvalue weighted by Crippen LogP contribution is -2.28. The van der Waals surface area contributed by atoms with Gasteiger partial charge in [0, 0.05) is 17.7 Å². The third-order valence-electron chi connectivity index (χ3n) is 2.21. The van der Waals surface area contributed by atoms with Gasteiger partial charge >= 0.3 is 0 Å². The first-order valence-corrected chi connectivity index (χ1v) is 5.23. The third kappa shape index (κ3) is 3.53. The van der Waals surface area contributed by atoms with Crippen molar-refractivity contribution in [3.63, 3.8) is 0 Å². The van der Waals surface area contributed by atoms with Crippen LogP contribution in [0.5, 0.6) is 5.88 Å². The number of hydrogen-bond acceptors (Lipinski definition) is 3. The molecule has 0 bridgehead atoms. The van der Waals surface area contributed by atoms with E-state index in [1.54, 1.807) is 13.3 Å². The summed E-state index contributed by atoms with van der Waals surface area (Å²) < 4.78 is 5.04. The van der Waals surface area contributed by atoms with Crippen LogP contribution < -0.4 is 10.5 Å². The van der Waals surface area contributed by atoms with E-state index in [4.69, 9.17) is 10.5 Å². The molecule has 2 N–H and O–H groups in total. The second kappa shape index (κ2) is 4.96. The molecular formula is C12H19N3O. The quantitative estimate of drug-likeness (QED) is 0.627. The molecule has 4 nitrogen and oxygen atoms in total. The SMILES string of the molecule is COc1cc(CN=C(N)C(C)(C)C)ccn1.